The molecule has 1 aliphatic heterocycles. The summed E-state index contributed by atoms with van der Waals surface area (Å²) in [5.74, 6) is -1.26. The van der Waals surface area contributed by atoms with E-state index in [0.717, 1.165) is 0 Å². The number of nitrogens with two attached hydrogens (primary N) is 1. The molecular weight excluding hydrogens is 313 g/mol. The average Bonchev–Trinajstić information content (AvgIpc) is 3.26. The number of hydrogen-bond acceptors (Lipinski definition) is 6. The van der Waals surface area contributed by atoms with E-state index in [-0.39, 0.29) is 41.6 Å². The maximum Gasteiger partial charge on any atom is 1.00 e. The van der Waals surface area contributed by atoms with Crippen molar-refractivity contribution in [3.05, 3.63) is 0 Å². The minimum Gasteiger partial charge on any atom is -0.540 e. The minimum atomic E-state index is -1.06. The molecule has 128 valence electrons. The van der Waals surface area contributed by atoms with Gasteiger partial charge in [-0.1, -0.05) is 26.3 Å². The second-order valence-corrected chi connectivity index (χ2v) is 5.55. The van der Waals surface area contributed by atoms with Gasteiger partial charge in [-0.05, 0) is 12.8 Å². The van der Waals surface area contributed by atoms with Crippen molar-refractivity contribution in [2.75, 3.05) is 13.7 Å². The topological polar surface area (TPSA) is 141 Å². The second-order valence-electron chi connectivity index (χ2n) is 5.55. The van der Waals surface area contributed by atoms with Gasteiger partial charge in [0.15, 0.2) is 0 Å². The zero-order valence-corrected chi connectivity index (χ0v) is 16.5. The number of nitrogens with one attached hydrogen (secondary N) is 2. The molecule has 1 heterocycles. The van der Waals surface area contributed by atoms with Gasteiger partial charge >= 0.3 is 35.5 Å². The largest absolute Gasteiger partial charge is 1.00 e. The van der Waals surface area contributed by atoms with Gasteiger partial charge in [-0.2, -0.15) is 0 Å². The van der Waals surface area contributed by atoms with Gasteiger partial charge in [0, 0.05) is 13.7 Å². The quantitative estimate of drug-likeness (QED) is 0.201. The van der Waals surface area contributed by atoms with Crippen molar-refractivity contribution < 1.29 is 53.8 Å². The number of hydrogen-bond donors (Lipinski definition) is 4. The Morgan fingerprint density at radius 3 is 2.17 bits per heavy atom. The molecule has 0 saturated carbocycles. The molecule has 8 nitrogen and oxygen atoms in total. The fourth-order valence-electron chi connectivity index (χ4n) is 1.54. The van der Waals surface area contributed by atoms with Crippen molar-refractivity contribution in [2.45, 2.75) is 51.4 Å². The van der Waals surface area contributed by atoms with Crippen LogP contribution in [0.15, 0.2) is 0 Å². The summed E-state index contributed by atoms with van der Waals surface area (Å²) in [6, 6.07) is -2.21. The molecule has 1 rings (SSSR count). The van der Waals surface area contributed by atoms with Crippen molar-refractivity contribution >= 4 is 18.2 Å². The van der Waals surface area contributed by atoms with Crippen LogP contribution in [0.3, 0.4) is 0 Å². The van der Waals surface area contributed by atoms with E-state index in [2.05, 4.69) is 10.6 Å². The zero-order valence-electron chi connectivity index (χ0n) is 14.5. The standard InChI is InChI=1S/C10H15N2O4.C4H11NO.Na/c1-5(2)3-6(4-13)11-9(14)7-8(12-7)10(15)16;1-4(3-5)6-2;/h5-8,12H,3H2,1-2H3,(H,11,14)(H,15,16);4H,3,5H2,1-2H3;/q-1;;+1/t6-,7-,8-;;/m0../s1. The predicted octanol–water partition coefficient (Wildman–Crippen LogP) is -3.96. The molecule has 5 N–H and O–H groups in total. The number of ether oxygens (including phenoxy) is 1. The fraction of sp³-hybridized carbons (Fsp3) is 0.786. The van der Waals surface area contributed by atoms with Crippen molar-refractivity contribution in [3.63, 3.8) is 0 Å². The summed E-state index contributed by atoms with van der Waals surface area (Å²) in [6.45, 7) is 6.38. The maximum atomic E-state index is 11.5. The average molecular weight is 339 g/mol. The van der Waals surface area contributed by atoms with Crippen molar-refractivity contribution in [3.8, 4) is 0 Å². The van der Waals surface area contributed by atoms with Crippen LogP contribution in [0.1, 0.15) is 27.2 Å². The fourth-order valence-corrected chi connectivity index (χ4v) is 1.54. The molecule has 1 aliphatic rings. The van der Waals surface area contributed by atoms with Crippen LogP contribution in [0.4, 0.5) is 0 Å². The summed E-state index contributed by atoms with van der Waals surface area (Å²) in [4.78, 5) is 32.5. The molecule has 0 spiro atoms. The van der Waals surface area contributed by atoms with E-state index >= 15 is 0 Å². The summed E-state index contributed by atoms with van der Waals surface area (Å²) < 4.78 is 4.77. The number of carboxylic acids is 1. The molecule has 1 saturated heterocycles. The van der Waals surface area contributed by atoms with Crippen LogP contribution in [-0.2, 0) is 19.1 Å². The van der Waals surface area contributed by atoms with Gasteiger partial charge in [0.25, 0.3) is 0 Å². The number of carbonyl (C=O) groups excluding carboxylic acids is 2. The van der Waals surface area contributed by atoms with Gasteiger partial charge < -0.3 is 25.7 Å². The number of aliphatic carboxylic acids is 1. The van der Waals surface area contributed by atoms with Crippen LogP contribution < -0.4 is 45.9 Å². The molecule has 4 atom stereocenters. The Kier molecular flexibility index (Phi) is 13.8. The molecule has 9 heteroatoms. The molecule has 1 fully saturated rings. The molecule has 0 aromatic rings. The van der Waals surface area contributed by atoms with Gasteiger partial charge in [-0.3, -0.25) is 14.9 Å². The van der Waals surface area contributed by atoms with Crippen LogP contribution >= 0.6 is 0 Å². The van der Waals surface area contributed by atoms with E-state index in [1.54, 1.807) is 13.4 Å². The Morgan fingerprint density at radius 2 is 1.91 bits per heavy atom. The molecule has 1 amide bonds. The molecule has 1 unspecified atom stereocenters. The maximum absolute atomic E-state index is 11.5. The number of carboxylic acid groups (broad SMARTS) is 1. The monoisotopic (exact) mass is 339 g/mol. The van der Waals surface area contributed by atoms with Crippen molar-refractivity contribution in [2.24, 2.45) is 11.7 Å². The first-order valence-electron chi connectivity index (χ1n) is 7.16. The molecular formula is C14H26N3NaO5. The van der Waals surface area contributed by atoms with E-state index in [1.165, 1.54) is 0 Å². The van der Waals surface area contributed by atoms with Gasteiger partial charge in [0.2, 0.25) is 5.91 Å². The van der Waals surface area contributed by atoms with E-state index in [0.29, 0.717) is 13.0 Å². The summed E-state index contributed by atoms with van der Waals surface area (Å²) in [5.41, 5.74) is 5.16. The van der Waals surface area contributed by atoms with Crippen molar-refractivity contribution in [1.82, 2.24) is 10.6 Å². The molecule has 0 aromatic carbocycles. The summed E-state index contributed by atoms with van der Waals surface area (Å²) in [6.07, 6.45) is 2.45. The van der Waals surface area contributed by atoms with Crippen LogP contribution in [0, 0.1) is 5.92 Å². The summed E-state index contributed by atoms with van der Waals surface area (Å²) in [7, 11) is 1.65. The van der Waals surface area contributed by atoms with Crippen molar-refractivity contribution in [1.29, 1.82) is 0 Å². The van der Waals surface area contributed by atoms with E-state index < -0.39 is 30.0 Å². The number of amides is 1. The van der Waals surface area contributed by atoms with E-state index in [9.17, 15) is 14.4 Å². The van der Waals surface area contributed by atoms with Crippen LogP contribution in [0.25, 0.3) is 0 Å². The molecule has 0 bridgehead atoms. The van der Waals surface area contributed by atoms with E-state index in [4.69, 9.17) is 15.6 Å². The normalized spacial score (nSPS) is 21.1. The number of methoxy groups -OCH3 is 1. The first-order chi connectivity index (χ1) is 10.3. The Hall–Kier alpha value is -0.510. The first kappa shape index (κ1) is 24.7. The minimum absolute atomic E-state index is 0. The Bertz CT molecular complexity index is 377. The third-order valence-electron chi connectivity index (χ3n) is 3.03. The summed E-state index contributed by atoms with van der Waals surface area (Å²) >= 11 is 0. The first-order valence-corrected chi connectivity index (χ1v) is 7.16. The van der Waals surface area contributed by atoms with Gasteiger partial charge in [0.1, 0.15) is 12.1 Å². The summed E-state index contributed by atoms with van der Waals surface area (Å²) in [5, 5.41) is 13.6. The van der Waals surface area contributed by atoms with Gasteiger partial charge in [0.05, 0.1) is 6.10 Å². The van der Waals surface area contributed by atoms with Gasteiger partial charge in [-0.25, -0.2) is 6.29 Å². The smallest absolute Gasteiger partial charge is 0.540 e. The molecule has 23 heavy (non-hydrogen) atoms. The van der Waals surface area contributed by atoms with Crippen LogP contribution in [0.5, 0.6) is 0 Å². The number of rotatable bonds is 8. The Balaban J connectivity index is 0. The third-order valence-corrected chi connectivity index (χ3v) is 3.03. The third kappa shape index (κ3) is 10.8. The van der Waals surface area contributed by atoms with Crippen LogP contribution in [-0.4, -0.2) is 61.2 Å². The molecule has 0 aromatic heterocycles. The van der Waals surface area contributed by atoms with E-state index in [1.807, 2.05) is 20.8 Å². The second kappa shape index (κ2) is 12.9. The molecule has 0 aliphatic carbocycles. The SMILES string of the molecule is CC(C)C[C@@H]([C-]=O)NC(=O)[C@H]1N[C@@H]1C(=O)O.COC(C)CN.[Na+]. The Labute approximate surface area is 159 Å². The zero-order chi connectivity index (χ0) is 17.3. The van der Waals surface area contributed by atoms with Crippen LogP contribution in [0.2, 0.25) is 0 Å². The number of carbonyl (C=O) groups is 2. The molecule has 0 radical (unpaired) electrons. The Morgan fingerprint density at radius 1 is 1.35 bits per heavy atom. The van der Waals surface area contributed by atoms with Gasteiger partial charge in [-0.15, -0.1) is 0 Å². The predicted molar refractivity (Wildman–Crippen MR) is 81.0 cm³/mol.